The first-order valence-electron chi connectivity index (χ1n) is 6.22. The molecule has 1 heterocycles. The topological polar surface area (TPSA) is 95.1 Å². The summed E-state index contributed by atoms with van der Waals surface area (Å²) in [5.74, 6) is 0.132. The predicted molar refractivity (Wildman–Crippen MR) is 74.6 cm³/mol. The van der Waals surface area contributed by atoms with Crippen molar-refractivity contribution in [1.82, 2.24) is 15.0 Å². The molecule has 0 aliphatic rings. The molecule has 0 radical (unpaired) electrons. The maximum absolute atomic E-state index is 5.26. The molecule has 2 aromatic rings. The van der Waals surface area contributed by atoms with Crippen LogP contribution in [0.2, 0.25) is 0 Å². The molecule has 0 spiro atoms. The molecule has 4 N–H and O–H groups in total. The number of aryl methyl sites for hydroxylation is 1. The van der Waals surface area contributed by atoms with E-state index in [0.717, 1.165) is 25.1 Å². The predicted octanol–water partition coefficient (Wildman–Crippen LogP) is 0.532. The van der Waals surface area contributed by atoms with E-state index in [4.69, 9.17) is 11.5 Å². The maximum atomic E-state index is 5.26. The van der Waals surface area contributed by atoms with Crippen LogP contribution in [0.1, 0.15) is 17.7 Å². The average Bonchev–Trinajstić information content (AvgIpc) is 2.83. The molecule has 19 heavy (non-hydrogen) atoms. The van der Waals surface area contributed by atoms with Gasteiger partial charge in [-0.25, -0.2) is 4.68 Å². The van der Waals surface area contributed by atoms with Gasteiger partial charge in [-0.05, 0) is 18.4 Å². The molecule has 0 amide bonds. The number of aromatic nitrogens is 3. The van der Waals surface area contributed by atoms with Gasteiger partial charge in [-0.3, -0.25) is 4.99 Å². The molecular weight excluding hydrogens is 240 g/mol. The fourth-order valence-corrected chi connectivity index (χ4v) is 1.77. The Morgan fingerprint density at radius 3 is 2.74 bits per heavy atom. The second kappa shape index (κ2) is 6.53. The molecule has 1 aromatic carbocycles. The summed E-state index contributed by atoms with van der Waals surface area (Å²) in [5, 5.41) is 8.24. The molecule has 0 aliphatic heterocycles. The third-order valence-corrected chi connectivity index (χ3v) is 2.66. The Morgan fingerprint density at radius 1 is 1.21 bits per heavy atom. The highest BCUT2D eigenvalue weighted by Gasteiger charge is 2.01. The summed E-state index contributed by atoms with van der Waals surface area (Å²) in [6, 6.07) is 10.2. The first-order valence-corrected chi connectivity index (χ1v) is 6.22. The third-order valence-electron chi connectivity index (χ3n) is 2.66. The summed E-state index contributed by atoms with van der Waals surface area (Å²) in [7, 11) is 0. The number of rotatable bonds is 6. The van der Waals surface area contributed by atoms with Crippen molar-refractivity contribution < 1.29 is 0 Å². The summed E-state index contributed by atoms with van der Waals surface area (Å²) < 4.78 is 1.84. The highest BCUT2D eigenvalue weighted by Crippen LogP contribution is 2.03. The zero-order valence-electron chi connectivity index (χ0n) is 10.7. The number of hydrogen-bond acceptors (Lipinski definition) is 3. The van der Waals surface area contributed by atoms with E-state index in [-0.39, 0.29) is 5.96 Å². The summed E-state index contributed by atoms with van der Waals surface area (Å²) in [6.07, 6.45) is 3.65. The van der Waals surface area contributed by atoms with Gasteiger partial charge in [0.05, 0.1) is 12.2 Å². The van der Waals surface area contributed by atoms with E-state index in [1.807, 2.05) is 29.1 Å². The molecule has 6 heteroatoms. The Kier molecular flexibility index (Phi) is 4.49. The number of nitrogens with zero attached hydrogens (tertiary/aromatic N) is 4. The Labute approximate surface area is 112 Å². The van der Waals surface area contributed by atoms with Gasteiger partial charge in [0.1, 0.15) is 0 Å². The quantitative estimate of drug-likeness (QED) is 0.449. The lowest BCUT2D eigenvalue weighted by Gasteiger charge is -1.99. The molecule has 2 rings (SSSR count). The molecule has 1 aromatic heterocycles. The Balaban J connectivity index is 1.84. The van der Waals surface area contributed by atoms with Gasteiger partial charge in [-0.15, -0.1) is 5.10 Å². The van der Waals surface area contributed by atoms with Crippen molar-refractivity contribution in [1.29, 1.82) is 0 Å². The van der Waals surface area contributed by atoms with Crippen molar-refractivity contribution in [2.45, 2.75) is 19.4 Å². The van der Waals surface area contributed by atoms with Crippen molar-refractivity contribution >= 4 is 5.96 Å². The maximum Gasteiger partial charge on any atom is 0.185 e. The van der Waals surface area contributed by atoms with Crippen molar-refractivity contribution in [2.75, 3.05) is 6.54 Å². The number of guanidine groups is 1. The number of hydrogen-bond donors (Lipinski definition) is 2. The van der Waals surface area contributed by atoms with Crippen LogP contribution < -0.4 is 11.5 Å². The van der Waals surface area contributed by atoms with Crippen LogP contribution in [0.5, 0.6) is 0 Å². The van der Waals surface area contributed by atoms with Gasteiger partial charge in [0.25, 0.3) is 0 Å². The van der Waals surface area contributed by atoms with Crippen LogP contribution in [0.3, 0.4) is 0 Å². The molecule has 100 valence electrons. The van der Waals surface area contributed by atoms with E-state index in [9.17, 15) is 0 Å². The first-order chi connectivity index (χ1) is 9.24. The average molecular weight is 258 g/mol. The number of benzene rings is 1. The Morgan fingerprint density at radius 2 is 2.00 bits per heavy atom. The normalized spacial score (nSPS) is 10.3. The second-order valence-corrected chi connectivity index (χ2v) is 4.30. The van der Waals surface area contributed by atoms with Crippen LogP contribution in [0, 0.1) is 0 Å². The number of nitrogens with two attached hydrogens (primary N) is 2. The van der Waals surface area contributed by atoms with Crippen LogP contribution in [0.25, 0.3) is 0 Å². The van der Waals surface area contributed by atoms with Gasteiger partial charge in [0.2, 0.25) is 0 Å². The molecular formula is C13H18N6. The van der Waals surface area contributed by atoms with Crippen LogP contribution >= 0.6 is 0 Å². The first kappa shape index (κ1) is 13.1. The SMILES string of the molecule is NC(N)=NCCCc1cn(Cc2ccccc2)nn1. The van der Waals surface area contributed by atoms with E-state index in [0.29, 0.717) is 6.54 Å². The number of aliphatic imine (C=N–C) groups is 1. The zero-order chi connectivity index (χ0) is 13.5. The monoisotopic (exact) mass is 258 g/mol. The van der Waals surface area contributed by atoms with Gasteiger partial charge in [0.15, 0.2) is 5.96 Å². The Bertz CT molecular complexity index is 527. The van der Waals surface area contributed by atoms with Gasteiger partial charge >= 0.3 is 0 Å². The van der Waals surface area contributed by atoms with Crippen molar-refractivity contribution in [2.24, 2.45) is 16.5 Å². The molecule has 0 bridgehead atoms. The van der Waals surface area contributed by atoms with Crippen molar-refractivity contribution in [3.63, 3.8) is 0 Å². The van der Waals surface area contributed by atoms with Crippen LogP contribution in [0.15, 0.2) is 41.5 Å². The molecule has 0 aliphatic carbocycles. The lowest BCUT2D eigenvalue weighted by Crippen LogP contribution is -2.23. The van der Waals surface area contributed by atoms with Gasteiger partial charge in [0, 0.05) is 12.7 Å². The largest absolute Gasteiger partial charge is 0.370 e. The van der Waals surface area contributed by atoms with Gasteiger partial charge in [-0.1, -0.05) is 35.5 Å². The van der Waals surface area contributed by atoms with Crippen LogP contribution in [0.4, 0.5) is 0 Å². The van der Waals surface area contributed by atoms with Crippen LogP contribution in [-0.4, -0.2) is 27.5 Å². The second-order valence-electron chi connectivity index (χ2n) is 4.30. The Hall–Kier alpha value is -2.37. The minimum atomic E-state index is 0.132. The minimum absolute atomic E-state index is 0.132. The summed E-state index contributed by atoms with van der Waals surface area (Å²) in [5.41, 5.74) is 12.7. The minimum Gasteiger partial charge on any atom is -0.370 e. The van der Waals surface area contributed by atoms with E-state index >= 15 is 0 Å². The fourth-order valence-electron chi connectivity index (χ4n) is 1.77. The summed E-state index contributed by atoms with van der Waals surface area (Å²) in [6.45, 7) is 1.36. The van der Waals surface area contributed by atoms with E-state index in [1.54, 1.807) is 0 Å². The molecule has 0 fully saturated rings. The highest BCUT2D eigenvalue weighted by molar-refractivity contribution is 5.75. The highest BCUT2D eigenvalue weighted by atomic mass is 15.4. The van der Waals surface area contributed by atoms with E-state index in [1.165, 1.54) is 5.56 Å². The molecule has 0 saturated carbocycles. The lowest BCUT2D eigenvalue weighted by molar-refractivity contribution is 0.649. The smallest absolute Gasteiger partial charge is 0.185 e. The zero-order valence-corrected chi connectivity index (χ0v) is 10.7. The third kappa shape index (κ3) is 4.42. The van der Waals surface area contributed by atoms with Gasteiger partial charge in [-0.2, -0.15) is 0 Å². The summed E-state index contributed by atoms with van der Waals surface area (Å²) >= 11 is 0. The van der Waals surface area contributed by atoms with Crippen LogP contribution in [-0.2, 0) is 13.0 Å². The van der Waals surface area contributed by atoms with E-state index < -0.39 is 0 Å². The van der Waals surface area contributed by atoms with E-state index in [2.05, 4.69) is 27.4 Å². The van der Waals surface area contributed by atoms with Crippen molar-refractivity contribution in [3.8, 4) is 0 Å². The lowest BCUT2D eigenvalue weighted by atomic mass is 10.2. The van der Waals surface area contributed by atoms with Crippen molar-refractivity contribution in [3.05, 3.63) is 47.8 Å². The van der Waals surface area contributed by atoms with Gasteiger partial charge < -0.3 is 11.5 Å². The fraction of sp³-hybridized carbons (Fsp3) is 0.308. The molecule has 0 atom stereocenters. The molecule has 0 saturated heterocycles. The standard InChI is InChI=1S/C13H18N6/c14-13(15)16-8-4-7-12-10-19(18-17-12)9-11-5-2-1-3-6-11/h1-3,5-6,10H,4,7-9H2,(H4,14,15,16). The summed E-state index contributed by atoms with van der Waals surface area (Å²) in [4.78, 5) is 3.93. The molecule has 6 nitrogen and oxygen atoms in total. The molecule has 0 unspecified atom stereocenters.